The Bertz CT molecular complexity index is 909. The summed E-state index contributed by atoms with van der Waals surface area (Å²) in [6, 6.07) is 13.3. The Hall–Kier alpha value is -2.93. The van der Waals surface area contributed by atoms with E-state index in [0.717, 1.165) is 5.75 Å². The first-order chi connectivity index (χ1) is 12.5. The van der Waals surface area contributed by atoms with Crippen LogP contribution in [0.3, 0.4) is 0 Å². The van der Waals surface area contributed by atoms with Crippen molar-refractivity contribution < 1.29 is 13.9 Å². The van der Waals surface area contributed by atoms with Gasteiger partial charge in [-0.2, -0.15) is 0 Å². The van der Waals surface area contributed by atoms with E-state index in [-0.39, 0.29) is 11.7 Å². The van der Waals surface area contributed by atoms with Gasteiger partial charge in [0.05, 0.1) is 12.3 Å². The molecule has 1 heterocycles. The van der Waals surface area contributed by atoms with Gasteiger partial charge in [0.15, 0.2) is 5.13 Å². The van der Waals surface area contributed by atoms with Gasteiger partial charge in [0.2, 0.25) is 0 Å². The molecule has 26 heavy (non-hydrogen) atoms. The number of carbonyl (C=O) groups excluding carboxylic acids is 1. The lowest BCUT2D eigenvalue weighted by Gasteiger charge is -2.06. The highest BCUT2D eigenvalue weighted by atomic mass is 32.1. The Morgan fingerprint density at radius 3 is 2.65 bits per heavy atom. The van der Waals surface area contributed by atoms with E-state index in [1.54, 1.807) is 43.3 Å². The van der Waals surface area contributed by atoms with Crippen LogP contribution in [-0.2, 0) is 0 Å². The van der Waals surface area contributed by atoms with Gasteiger partial charge < -0.3 is 15.4 Å². The third kappa shape index (κ3) is 4.37. The molecule has 0 atom stereocenters. The zero-order valence-corrected chi connectivity index (χ0v) is 15.2. The Kier molecular flexibility index (Phi) is 5.48. The van der Waals surface area contributed by atoms with Gasteiger partial charge in [0, 0.05) is 11.4 Å². The molecular weight excluding hydrogens is 353 g/mol. The van der Waals surface area contributed by atoms with Gasteiger partial charge in [-0.15, -0.1) is 0 Å². The molecule has 1 aromatic heterocycles. The van der Waals surface area contributed by atoms with Crippen LogP contribution in [0.2, 0.25) is 0 Å². The van der Waals surface area contributed by atoms with Crippen molar-refractivity contribution in [3.8, 4) is 5.75 Å². The summed E-state index contributed by atoms with van der Waals surface area (Å²) in [5.41, 5.74) is 1.86. The molecule has 134 valence electrons. The van der Waals surface area contributed by atoms with Crippen molar-refractivity contribution >= 4 is 33.8 Å². The number of hydrogen-bond acceptors (Lipinski definition) is 5. The first-order valence-corrected chi connectivity index (χ1v) is 8.91. The van der Waals surface area contributed by atoms with E-state index < -0.39 is 0 Å². The van der Waals surface area contributed by atoms with Crippen molar-refractivity contribution in [3.05, 3.63) is 64.9 Å². The number of anilines is 3. The topological polar surface area (TPSA) is 63.2 Å². The fraction of sp³-hybridized carbons (Fsp3) is 0.158. The minimum atomic E-state index is -0.336. The molecule has 0 unspecified atom stereocenters. The monoisotopic (exact) mass is 371 g/mol. The van der Waals surface area contributed by atoms with Gasteiger partial charge >= 0.3 is 0 Å². The first-order valence-electron chi connectivity index (χ1n) is 8.09. The molecule has 0 aliphatic carbocycles. The molecule has 0 saturated carbocycles. The van der Waals surface area contributed by atoms with Crippen LogP contribution in [0.25, 0.3) is 0 Å². The molecule has 5 nitrogen and oxygen atoms in total. The third-order valence-corrected chi connectivity index (χ3v) is 4.57. The second-order valence-corrected chi connectivity index (χ2v) is 6.48. The maximum absolute atomic E-state index is 13.3. The zero-order valence-electron chi connectivity index (χ0n) is 14.4. The number of nitrogens with zero attached hydrogens (tertiary/aromatic N) is 1. The quantitative estimate of drug-likeness (QED) is 0.641. The van der Waals surface area contributed by atoms with Crippen LogP contribution in [-0.4, -0.2) is 17.5 Å². The molecule has 0 saturated heterocycles. The number of aryl methyl sites for hydroxylation is 1. The van der Waals surface area contributed by atoms with E-state index >= 15 is 0 Å². The molecule has 0 fully saturated rings. The summed E-state index contributed by atoms with van der Waals surface area (Å²) in [5, 5.41) is 6.39. The second kappa shape index (κ2) is 7.97. The summed E-state index contributed by atoms with van der Waals surface area (Å²) in [7, 11) is 0. The molecular formula is C19H18FN3O2S. The summed E-state index contributed by atoms with van der Waals surface area (Å²) in [5.74, 6) is 0.175. The molecule has 0 aliphatic heterocycles. The molecule has 7 heteroatoms. The summed E-state index contributed by atoms with van der Waals surface area (Å²) < 4.78 is 18.7. The maximum atomic E-state index is 13.3. The molecule has 3 rings (SSSR count). The summed E-state index contributed by atoms with van der Waals surface area (Å²) >= 11 is 1.22. The maximum Gasteiger partial charge on any atom is 0.267 e. The van der Waals surface area contributed by atoms with Crippen molar-refractivity contribution in [2.24, 2.45) is 0 Å². The van der Waals surface area contributed by atoms with Crippen LogP contribution in [0.1, 0.15) is 22.3 Å². The van der Waals surface area contributed by atoms with Crippen molar-refractivity contribution in [2.45, 2.75) is 13.8 Å². The van der Waals surface area contributed by atoms with Gasteiger partial charge in [0.1, 0.15) is 16.4 Å². The number of rotatable bonds is 6. The molecule has 0 aliphatic rings. The van der Waals surface area contributed by atoms with Crippen LogP contribution in [0.15, 0.2) is 48.5 Å². The van der Waals surface area contributed by atoms with Gasteiger partial charge in [-0.3, -0.25) is 4.79 Å². The largest absolute Gasteiger partial charge is 0.494 e. The molecule has 0 radical (unpaired) electrons. The number of ether oxygens (including phenoxy) is 1. The molecule has 0 spiro atoms. The summed E-state index contributed by atoms with van der Waals surface area (Å²) in [4.78, 5) is 17.3. The number of halogens is 1. The average Bonchev–Trinajstić information content (AvgIpc) is 2.97. The minimum absolute atomic E-state index is 0.239. The lowest BCUT2D eigenvalue weighted by Crippen LogP contribution is -2.11. The normalized spacial score (nSPS) is 10.4. The predicted octanol–water partition coefficient (Wildman–Crippen LogP) is 4.99. The van der Waals surface area contributed by atoms with E-state index in [9.17, 15) is 9.18 Å². The van der Waals surface area contributed by atoms with Crippen molar-refractivity contribution in [1.82, 2.24) is 4.98 Å². The molecule has 0 bridgehead atoms. The van der Waals surface area contributed by atoms with Gasteiger partial charge in [-0.25, -0.2) is 9.37 Å². The average molecular weight is 371 g/mol. The van der Waals surface area contributed by atoms with E-state index in [1.165, 1.54) is 23.5 Å². The van der Waals surface area contributed by atoms with E-state index in [2.05, 4.69) is 15.6 Å². The number of aromatic nitrogens is 1. The van der Waals surface area contributed by atoms with Crippen molar-refractivity contribution in [3.63, 3.8) is 0 Å². The number of carbonyl (C=O) groups is 1. The Labute approximate surface area is 154 Å². The van der Waals surface area contributed by atoms with Crippen LogP contribution >= 0.6 is 11.3 Å². The number of nitrogens with one attached hydrogen (secondary N) is 2. The Morgan fingerprint density at radius 1 is 1.19 bits per heavy atom. The van der Waals surface area contributed by atoms with Crippen molar-refractivity contribution in [2.75, 3.05) is 17.2 Å². The Morgan fingerprint density at radius 2 is 1.96 bits per heavy atom. The first kappa shape index (κ1) is 17.9. The highest BCUT2D eigenvalue weighted by molar-refractivity contribution is 7.17. The lowest BCUT2D eigenvalue weighted by molar-refractivity contribution is 0.103. The van der Waals surface area contributed by atoms with E-state index in [0.29, 0.717) is 33.7 Å². The van der Waals surface area contributed by atoms with E-state index in [4.69, 9.17) is 4.74 Å². The van der Waals surface area contributed by atoms with Gasteiger partial charge in [-0.05, 0) is 56.3 Å². The third-order valence-electron chi connectivity index (χ3n) is 3.50. The molecule has 2 N–H and O–H groups in total. The van der Waals surface area contributed by atoms with Gasteiger partial charge in [-0.1, -0.05) is 17.4 Å². The number of amides is 1. The molecule has 1 amide bonds. The van der Waals surface area contributed by atoms with Crippen LogP contribution in [0.4, 0.5) is 20.9 Å². The standard InChI is InChI=1S/C19H18FN3O2S/c1-3-25-16-9-7-14(8-10-16)22-18(24)17-12(2)21-19(26-17)23-15-6-4-5-13(20)11-15/h4-11H,3H2,1-2H3,(H,21,23)(H,22,24). The predicted molar refractivity (Wildman–Crippen MR) is 102 cm³/mol. The fourth-order valence-corrected chi connectivity index (χ4v) is 3.22. The summed E-state index contributed by atoms with van der Waals surface area (Å²) in [6.45, 7) is 4.27. The second-order valence-electron chi connectivity index (χ2n) is 5.48. The zero-order chi connectivity index (χ0) is 18.5. The number of thiazole rings is 1. The fourth-order valence-electron chi connectivity index (χ4n) is 2.34. The van der Waals surface area contributed by atoms with Crippen LogP contribution < -0.4 is 15.4 Å². The highest BCUT2D eigenvalue weighted by Crippen LogP contribution is 2.27. The van der Waals surface area contributed by atoms with E-state index in [1.807, 2.05) is 6.92 Å². The minimum Gasteiger partial charge on any atom is -0.494 e. The highest BCUT2D eigenvalue weighted by Gasteiger charge is 2.16. The van der Waals surface area contributed by atoms with Crippen LogP contribution in [0.5, 0.6) is 5.75 Å². The smallest absolute Gasteiger partial charge is 0.267 e. The van der Waals surface area contributed by atoms with Gasteiger partial charge in [0.25, 0.3) is 5.91 Å². The number of hydrogen-bond donors (Lipinski definition) is 2. The Balaban J connectivity index is 1.70. The van der Waals surface area contributed by atoms with Crippen molar-refractivity contribution in [1.29, 1.82) is 0 Å². The number of benzene rings is 2. The molecule has 3 aromatic rings. The lowest BCUT2D eigenvalue weighted by atomic mass is 10.3. The van der Waals surface area contributed by atoms with Crippen LogP contribution in [0, 0.1) is 12.7 Å². The summed E-state index contributed by atoms with van der Waals surface area (Å²) in [6.07, 6.45) is 0. The molecule has 2 aromatic carbocycles. The SMILES string of the molecule is CCOc1ccc(NC(=O)c2sc(Nc3cccc(F)c3)nc2C)cc1.